The molecule has 0 amide bonds. The highest BCUT2D eigenvalue weighted by Gasteiger charge is 2.26. The van der Waals surface area contributed by atoms with Crippen LogP contribution in [0.25, 0.3) is 0 Å². The van der Waals surface area contributed by atoms with Gasteiger partial charge in [0, 0.05) is 23.8 Å². The first-order valence-corrected chi connectivity index (χ1v) is 7.03. The van der Waals surface area contributed by atoms with Crippen molar-refractivity contribution in [2.24, 2.45) is 11.8 Å². The third-order valence-corrected chi connectivity index (χ3v) is 4.11. The van der Waals surface area contributed by atoms with Crippen LogP contribution in [0, 0.1) is 11.8 Å². The van der Waals surface area contributed by atoms with Gasteiger partial charge in [-0.1, -0.05) is 18.0 Å². The Morgan fingerprint density at radius 2 is 2.24 bits per heavy atom. The van der Waals surface area contributed by atoms with Crippen molar-refractivity contribution in [3.8, 4) is 0 Å². The molecule has 94 valence electrons. The predicted molar refractivity (Wildman–Crippen MR) is 73.4 cm³/mol. The van der Waals surface area contributed by atoms with Gasteiger partial charge in [-0.2, -0.15) is 0 Å². The molecule has 5 heteroatoms. The summed E-state index contributed by atoms with van der Waals surface area (Å²) in [6, 6.07) is 1.83. The van der Waals surface area contributed by atoms with Gasteiger partial charge >= 0.3 is 0 Å². The van der Waals surface area contributed by atoms with Crippen LogP contribution < -0.4 is 5.32 Å². The SMILES string of the molecule is OCC1CCCC1CNc1ncc(Br)cc1Cl. The Bertz CT molecular complexity index is 389. The Hall–Kier alpha value is -0.320. The molecule has 17 heavy (non-hydrogen) atoms. The number of anilines is 1. The van der Waals surface area contributed by atoms with Crippen molar-refractivity contribution in [3.63, 3.8) is 0 Å². The maximum absolute atomic E-state index is 9.25. The quantitative estimate of drug-likeness (QED) is 0.895. The molecule has 1 fully saturated rings. The topological polar surface area (TPSA) is 45.1 Å². The second-order valence-corrected chi connectivity index (χ2v) is 5.82. The molecule has 1 aromatic rings. The van der Waals surface area contributed by atoms with Crippen molar-refractivity contribution in [2.75, 3.05) is 18.5 Å². The van der Waals surface area contributed by atoms with Gasteiger partial charge in [0.15, 0.2) is 0 Å². The van der Waals surface area contributed by atoms with Crippen LogP contribution in [0.3, 0.4) is 0 Å². The number of aliphatic hydroxyl groups is 1. The van der Waals surface area contributed by atoms with E-state index in [4.69, 9.17) is 11.6 Å². The van der Waals surface area contributed by atoms with Gasteiger partial charge in [-0.05, 0) is 46.7 Å². The van der Waals surface area contributed by atoms with Crippen LogP contribution in [0.15, 0.2) is 16.7 Å². The molecule has 0 radical (unpaired) electrons. The molecule has 2 unspecified atom stereocenters. The minimum atomic E-state index is 0.286. The number of pyridine rings is 1. The first-order chi connectivity index (χ1) is 8.20. The summed E-state index contributed by atoms with van der Waals surface area (Å²) in [4.78, 5) is 4.24. The Balaban J connectivity index is 1.93. The van der Waals surface area contributed by atoms with Crippen LogP contribution >= 0.6 is 27.5 Å². The molecule has 0 bridgehead atoms. The number of hydrogen-bond donors (Lipinski definition) is 2. The molecule has 3 nitrogen and oxygen atoms in total. The largest absolute Gasteiger partial charge is 0.396 e. The van der Waals surface area contributed by atoms with E-state index in [-0.39, 0.29) is 6.61 Å². The molecule has 2 atom stereocenters. The molecule has 1 aliphatic rings. The molecule has 2 N–H and O–H groups in total. The van der Waals surface area contributed by atoms with Crippen LogP contribution in [-0.2, 0) is 0 Å². The molecule has 1 heterocycles. The van der Waals surface area contributed by atoms with E-state index in [9.17, 15) is 5.11 Å². The highest BCUT2D eigenvalue weighted by Crippen LogP contribution is 2.32. The van der Waals surface area contributed by atoms with Crippen LogP contribution in [0.2, 0.25) is 5.02 Å². The normalized spacial score (nSPS) is 23.9. The maximum atomic E-state index is 9.25. The summed E-state index contributed by atoms with van der Waals surface area (Å²) < 4.78 is 0.877. The minimum absolute atomic E-state index is 0.286. The molecule has 1 aromatic heterocycles. The predicted octanol–water partition coefficient (Wildman–Crippen LogP) is 3.32. The lowest BCUT2D eigenvalue weighted by molar-refractivity contribution is 0.199. The lowest BCUT2D eigenvalue weighted by atomic mass is 9.97. The summed E-state index contributed by atoms with van der Waals surface area (Å²) >= 11 is 9.41. The second-order valence-electron chi connectivity index (χ2n) is 4.50. The number of rotatable bonds is 4. The zero-order valence-electron chi connectivity index (χ0n) is 9.50. The fraction of sp³-hybridized carbons (Fsp3) is 0.583. The number of hydrogen-bond acceptors (Lipinski definition) is 3. The number of aliphatic hydroxyl groups excluding tert-OH is 1. The van der Waals surface area contributed by atoms with Crippen LogP contribution in [-0.4, -0.2) is 23.2 Å². The molecule has 1 saturated carbocycles. The van der Waals surface area contributed by atoms with E-state index in [2.05, 4.69) is 26.2 Å². The zero-order chi connectivity index (χ0) is 12.3. The van der Waals surface area contributed by atoms with Crippen molar-refractivity contribution >= 4 is 33.3 Å². The van der Waals surface area contributed by atoms with Crippen molar-refractivity contribution < 1.29 is 5.11 Å². The highest BCUT2D eigenvalue weighted by atomic mass is 79.9. The summed E-state index contributed by atoms with van der Waals surface area (Å²) in [5, 5.41) is 13.1. The van der Waals surface area contributed by atoms with Crippen molar-refractivity contribution in [2.45, 2.75) is 19.3 Å². The van der Waals surface area contributed by atoms with E-state index < -0.39 is 0 Å². The first-order valence-electron chi connectivity index (χ1n) is 5.86. The molecular formula is C12H16BrClN2O. The Morgan fingerprint density at radius 1 is 1.47 bits per heavy atom. The third kappa shape index (κ3) is 3.33. The maximum Gasteiger partial charge on any atom is 0.144 e. The Morgan fingerprint density at radius 3 is 2.94 bits per heavy atom. The van der Waals surface area contributed by atoms with E-state index in [1.54, 1.807) is 6.20 Å². The molecule has 0 aliphatic heterocycles. The summed E-state index contributed by atoms with van der Waals surface area (Å²) in [5.74, 6) is 1.68. The smallest absolute Gasteiger partial charge is 0.144 e. The van der Waals surface area contributed by atoms with E-state index in [1.807, 2.05) is 6.07 Å². The molecular weight excluding hydrogens is 304 g/mol. The van der Waals surface area contributed by atoms with Crippen molar-refractivity contribution in [1.82, 2.24) is 4.98 Å². The summed E-state index contributed by atoms with van der Waals surface area (Å²) in [7, 11) is 0. The van der Waals surface area contributed by atoms with E-state index >= 15 is 0 Å². The Labute approximate surface area is 115 Å². The molecule has 2 rings (SSSR count). The number of halogens is 2. The lowest BCUT2D eigenvalue weighted by Gasteiger charge is -2.18. The van der Waals surface area contributed by atoms with Gasteiger partial charge in [0.05, 0.1) is 5.02 Å². The summed E-state index contributed by atoms with van der Waals surface area (Å²) in [6.45, 7) is 1.12. The van der Waals surface area contributed by atoms with Gasteiger partial charge in [-0.3, -0.25) is 0 Å². The molecule has 1 aliphatic carbocycles. The molecule has 0 saturated heterocycles. The monoisotopic (exact) mass is 318 g/mol. The second kappa shape index (κ2) is 6.03. The molecule has 0 aromatic carbocycles. The number of nitrogens with zero attached hydrogens (tertiary/aromatic N) is 1. The number of aromatic nitrogens is 1. The van der Waals surface area contributed by atoms with Crippen LogP contribution in [0.1, 0.15) is 19.3 Å². The first kappa shape index (κ1) is 13.1. The fourth-order valence-electron chi connectivity index (χ4n) is 2.40. The minimum Gasteiger partial charge on any atom is -0.396 e. The van der Waals surface area contributed by atoms with Crippen LogP contribution in [0.5, 0.6) is 0 Å². The standard InChI is InChI=1S/C12H16BrClN2O/c13-10-4-11(14)12(16-6-10)15-5-8-2-1-3-9(8)7-17/h4,6,8-9,17H,1-3,5,7H2,(H,15,16). The van der Waals surface area contributed by atoms with E-state index in [1.165, 1.54) is 12.8 Å². The zero-order valence-corrected chi connectivity index (χ0v) is 11.8. The Kier molecular flexibility index (Phi) is 4.65. The average molecular weight is 320 g/mol. The molecule has 0 spiro atoms. The van der Waals surface area contributed by atoms with E-state index in [0.29, 0.717) is 16.9 Å². The van der Waals surface area contributed by atoms with Gasteiger partial charge in [0.2, 0.25) is 0 Å². The highest BCUT2D eigenvalue weighted by molar-refractivity contribution is 9.10. The van der Waals surface area contributed by atoms with Crippen LogP contribution in [0.4, 0.5) is 5.82 Å². The summed E-state index contributed by atoms with van der Waals surface area (Å²) in [6.07, 6.45) is 5.24. The fourth-order valence-corrected chi connectivity index (χ4v) is 3.09. The van der Waals surface area contributed by atoms with Crippen molar-refractivity contribution in [1.29, 1.82) is 0 Å². The van der Waals surface area contributed by atoms with Gasteiger partial charge in [-0.25, -0.2) is 4.98 Å². The number of nitrogens with one attached hydrogen (secondary N) is 1. The third-order valence-electron chi connectivity index (χ3n) is 3.39. The summed E-state index contributed by atoms with van der Waals surface area (Å²) in [5.41, 5.74) is 0. The average Bonchev–Trinajstić information content (AvgIpc) is 2.75. The van der Waals surface area contributed by atoms with Gasteiger partial charge in [0.25, 0.3) is 0 Å². The lowest BCUT2D eigenvalue weighted by Crippen LogP contribution is -2.21. The van der Waals surface area contributed by atoms with E-state index in [0.717, 1.165) is 23.3 Å². The van der Waals surface area contributed by atoms with Gasteiger partial charge < -0.3 is 10.4 Å². The van der Waals surface area contributed by atoms with Gasteiger partial charge in [0.1, 0.15) is 5.82 Å². The van der Waals surface area contributed by atoms with Crippen molar-refractivity contribution in [3.05, 3.63) is 21.8 Å². The van der Waals surface area contributed by atoms with Gasteiger partial charge in [-0.15, -0.1) is 0 Å².